The van der Waals surface area contributed by atoms with E-state index in [1.807, 2.05) is 0 Å². The number of phosphoric acid groups is 1. The number of carbonyl (C=O) groups is 1. The summed E-state index contributed by atoms with van der Waals surface area (Å²) in [5.74, 6) is -0.343. The summed E-state index contributed by atoms with van der Waals surface area (Å²) in [5, 5.41) is 0. The first kappa shape index (κ1) is 45.0. The predicted octanol–water partition coefficient (Wildman–Crippen LogP) is 10.5. The van der Waals surface area contributed by atoms with Gasteiger partial charge < -0.3 is 20.1 Å². The molecular weight excluding hydrogens is 601 g/mol. The van der Waals surface area contributed by atoms with Crippen LogP contribution in [0.3, 0.4) is 0 Å². The Morgan fingerprint density at radius 1 is 0.630 bits per heavy atom. The van der Waals surface area contributed by atoms with Crippen LogP contribution in [-0.4, -0.2) is 49.9 Å². The molecule has 46 heavy (non-hydrogen) atoms. The van der Waals surface area contributed by atoms with Crippen LogP contribution < -0.4 is 5.73 Å². The maximum atomic E-state index is 12.5. The average molecular weight is 674 g/mol. The summed E-state index contributed by atoms with van der Waals surface area (Å²) in [6, 6.07) is 0. The molecule has 0 aromatic heterocycles. The van der Waals surface area contributed by atoms with Crippen LogP contribution in [0.5, 0.6) is 0 Å². The molecule has 0 aliphatic heterocycles. The van der Waals surface area contributed by atoms with Crippen molar-refractivity contribution < 1.29 is 32.8 Å². The van der Waals surface area contributed by atoms with E-state index in [4.69, 9.17) is 24.3 Å². The molecule has 0 aliphatic carbocycles. The molecule has 272 valence electrons. The van der Waals surface area contributed by atoms with E-state index < -0.39 is 13.9 Å². The SMILES string of the molecule is CCCCC/C=C\CCCCCCCC(=O)OC(COCCCCCCCC/C=C\CCCCCCC)COP(=O)(O)OCCN. The number of phosphoric ester groups is 1. The molecule has 0 saturated heterocycles. The van der Waals surface area contributed by atoms with Gasteiger partial charge in [0.25, 0.3) is 0 Å². The van der Waals surface area contributed by atoms with Gasteiger partial charge in [-0.3, -0.25) is 13.8 Å². The maximum Gasteiger partial charge on any atom is 0.472 e. The van der Waals surface area contributed by atoms with Gasteiger partial charge in [-0.2, -0.15) is 0 Å². The topological polar surface area (TPSA) is 117 Å². The Balaban J connectivity index is 4.10. The Morgan fingerprint density at radius 3 is 1.63 bits per heavy atom. The summed E-state index contributed by atoms with van der Waals surface area (Å²) in [6.45, 7) is 4.86. The van der Waals surface area contributed by atoms with Gasteiger partial charge in [-0.1, -0.05) is 122 Å². The van der Waals surface area contributed by atoms with Crippen molar-refractivity contribution in [3.05, 3.63) is 24.3 Å². The summed E-state index contributed by atoms with van der Waals surface area (Å²) in [4.78, 5) is 22.3. The molecule has 0 bridgehead atoms. The minimum Gasteiger partial charge on any atom is -0.457 e. The van der Waals surface area contributed by atoms with Crippen molar-refractivity contribution in [3.8, 4) is 0 Å². The van der Waals surface area contributed by atoms with Gasteiger partial charge in [0.15, 0.2) is 0 Å². The number of hydrogen-bond acceptors (Lipinski definition) is 7. The molecule has 9 heteroatoms. The first-order chi connectivity index (χ1) is 22.4. The molecule has 0 amide bonds. The van der Waals surface area contributed by atoms with Gasteiger partial charge in [0.05, 0.1) is 19.8 Å². The first-order valence-corrected chi connectivity index (χ1v) is 20.3. The molecule has 0 radical (unpaired) electrons. The maximum absolute atomic E-state index is 12.5. The molecule has 0 saturated carbocycles. The minimum atomic E-state index is -4.27. The van der Waals surface area contributed by atoms with Gasteiger partial charge >= 0.3 is 13.8 Å². The number of carbonyl (C=O) groups excluding carboxylic acids is 1. The van der Waals surface area contributed by atoms with Gasteiger partial charge in [0, 0.05) is 19.6 Å². The standard InChI is InChI=1S/C37H72NO7P/c1-3-5-7-9-11-13-15-17-18-19-21-23-25-27-29-32-42-34-36(35-44-46(40,41)43-33-31-38)45-37(39)30-28-26-24-22-20-16-14-12-10-8-6-4-2/h12,14-15,17,36H,3-11,13,16,18-35,38H2,1-2H3,(H,40,41)/b14-12-,17-15-. The lowest BCUT2D eigenvalue weighted by Crippen LogP contribution is -2.28. The summed E-state index contributed by atoms with van der Waals surface area (Å²) in [6.07, 6.45) is 36.1. The highest BCUT2D eigenvalue weighted by atomic mass is 31.2. The predicted molar refractivity (Wildman–Crippen MR) is 192 cm³/mol. The third-order valence-corrected chi connectivity index (χ3v) is 8.83. The fourth-order valence-corrected chi connectivity index (χ4v) is 5.81. The van der Waals surface area contributed by atoms with Gasteiger partial charge in [-0.25, -0.2) is 4.57 Å². The van der Waals surface area contributed by atoms with E-state index in [0.717, 1.165) is 44.9 Å². The number of ether oxygens (including phenoxy) is 2. The van der Waals surface area contributed by atoms with Crippen LogP contribution in [0, 0.1) is 0 Å². The second kappa shape index (κ2) is 35.3. The van der Waals surface area contributed by atoms with E-state index in [2.05, 4.69) is 38.2 Å². The van der Waals surface area contributed by atoms with E-state index in [1.165, 1.54) is 103 Å². The fraction of sp³-hybridized carbons (Fsp3) is 0.865. The molecule has 0 heterocycles. The lowest BCUT2D eigenvalue weighted by Gasteiger charge is -2.20. The first-order valence-electron chi connectivity index (χ1n) is 18.8. The van der Waals surface area contributed by atoms with E-state index in [1.54, 1.807) is 0 Å². The third kappa shape index (κ3) is 34.3. The molecule has 0 aromatic rings. The molecular formula is C37H72NO7P. The molecule has 0 aliphatic rings. The summed E-state index contributed by atoms with van der Waals surface area (Å²) in [5.41, 5.74) is 5.35. The number of unbranched alkanes of at least 4 members (excludes halogenated alkanes) is 19. The molecule has 3 N–H and O–H groups in total. The van der Waals surface area contributed by atoms with Gasteiger partial charge in [-0.15, -0.1) is 0 Å². The van der Waals surface area contributed by atoms with Gasteiger partial charge in [0.1, 0.15) is 6.10 Å². The summed E-state index contributed by atoms with van der Waals surface area (Å²) >= 11 is 0. The molecule has 0 spiro atoms. The Labute approximate surface area is 283 Å². The molecule has 0 fully saturated rings. The monoisotopic (exact) mass is 674 g/mol. The third-order valence-electron chi connectivity index (χ3n) is 7.84. The van der Waals surface area contributed by atoms with E-state index in [-0.39, 0.29) is 32.3 Å². The average Bonchev–Trinajstić information content (AvgIpc) is 3.04. The van der Waals surface area contributed by atoms with E-state index in [9.17, 15) is 14.3 Å². The number of hydrogen-bond donors (Lipinski definition) is 2. The normalized spacial score (nSPS) is 13.9. The van der Waals surface area contributed by atoms with Crippen molar-refractivity contribution >= 4 is 13.8 Å². The largest absolute Gasteiger partial charge is 0.472 e. The van der Waals surface area contributed by atoms with Crippen molar-refractivity contribution in [2.24, 2.45) is 5.73 Å². The zero-order valence-corrected chi connectivity index (χ0v) is 30.7. The summed E-state index contributed by atoms with van der Waals surface area (Å²) < 4.78 is 33.2. The smallest absolute Gasteiger partial charge is 0.457 e. The zero-order valence-electron chi connectivity index (χ0n) is 29.8. The highest BCUT2D eigenvalue weighted by Gasteiger charge is 2.25. The van der Waals surface area contributed by atoms with Gasteiger partial charge in [-0.05, 0) is 64.2 Å². The minimum absolute atomic E-state index is 0.0973. The van der Waals surface area contributed by atoms with Crippen LogP contribution >= 0.6 is 7.82 Å². The molecule has 2 unspecified atom stereocenters. The van der Waals surface area contributed by atoms with E-state index in [0.29, 0.717) is 13.0 Å². The summed E-state index contributed by atoms with van der Waals surface area (Å²) in [7, 11) is -4.27. The number of esters is 1. The highest BCUT2D eigenvalue weighted by molar-refractivity contribution is 7.47. The van der Waals surface area contributed by atoms with E-state index >= 15 is 0 Å². The van der Waals surface area contributed by atoms with Crippen LogP contribution in [0.15, 0.2) is 24.3 Å². The Bertz CT molecular complexity index is 762. The number of allylic oxidation sites excluding steroid dienone is 4. The Kier molecular flexibility index (Phi) is 34.5. The molecule has 0 rings (SSSR count). The van der Waals surface area contributed by atoms with Crippen molar-refractivity contribution in [1.29, 1.82) is 0 Å². The van der Waals surface area contributed by atoms with Crippen LogP contribution in [0.25, 0.3) is 0 Å². The highest BCUT2D eigenvalue weighted by Crippen LogP contribution is 2.43. The lowest BCUT2D eigenvalue weighted by molar-refractivity contribution is -0.154. The number of nitrogens with two attached hydrogens (primary N) is 1. The van der Waals surface area contributed by atoms with Crippen LogP contribution in [0.2, 0.25) is 0 Å². The van der Waals surface area contributed by atoms with Crippen molar-refractivity contribution in [2.45, 2.75) is 174 Å². The van der Waals surface area contributed by atoms with Crippen molar-refractivity contribution in [2.75, 3.05) is 33.0 Å². The second-order valence-electron chi connectivity index (χ2n) is 12.4. The van der Waals surface area contributed by atoms with Crippen LogP contribution in [0.4, 0.5) is 0 Å². The zero-order chi connectivity index (χ0) is 33.8. The van der Waals surface area contributed by atoms with Crippen LogP contribution in [-0.2, 0) is 27.9 Å². The molecule has 2 atom stereocenters. The van der Waals surface area contributed by atoms with Gasteiger partial charge in [0.2, 0.25) is 0 Å². The molecule has 0 aromatic carbocycles. The van der Waals surface area contributed by atoms with Crippen molar-refractivity contribution in [3.63, 3.8) is 0 Å². The lowest BCUT2D eigenvalue weighted by atomic mass is 10.1. The quantitative estimate of drug-likeness (QED) is 0.0292. The second-order valence-corrected chi connectivity index (χ2v) is 13.9. The molecule has 8 nitrogen and oxygen atoms in total. The Morgan fingerprint density at radius 2 is 1.09 bits per heavy atom. The van der Waals surface area contributed by atoms with Crippen LogP contribution in [0.1, 0.15) is 168 Å². The fourth-order valence-electron chi connectivity index (χ4n) is 5.04. The van der Waals surface area contributed by atoms with Crippen molar-refractivity contribution in [1.82, 2.24) is 0 Å². The Hall–Kier alpha value is -1.02. The number of rotatable bonds is 36.